The highest BCUT2D eigenvalue weighted by atomic mass is 16.5. The molecule has 1 saturated heterocycles. The van der Waals surface area contributed by atoms with E-state index in [0.717, 1.165) is 6.42 Å². The molecule has 1 rings (SSSR count). The van der Waals surface area contributed by atoms with Crippen LogP contribution in [0.4, 0.5) is 0 Å². The van der Waals surface area contributed by atoms with Crippen molar-refractivity contribution in [3.8, 4) is 0 Å². The van der Waals surface area contributed by atoms with E-state index in [1.54, 1.807) is 0 Å². The van der Waals surface area contributed by atoms with Crippen LogP contribution in [0, 0.1) is 0 Å². The van der Waals surface area contributed by atoms with E-state index < -0.39 is 0 Å². The van der Waals surface area contributed by atoms with Crippen LogP contribution in [0.1, 0.15) is 20.3 Å². The molecular formula is C8H16N2O2. The van der Waals surface area contributed by atoms with Crippen LogP contribution in [0.15, 0.2) is 0 Å². The number of hydrogen-bond acceptors (Lipinski definition) is 3. The Morgan fingerprint density at radius 3 is 2.75 bits per heavy atom. The van der Waals surface area contributed by atoms with Crippen LogP contribution >= 0.6 is 0 Å². The number of carbonyl (C=O) groups excluding carboxylic acids is 1. The van der Waals surface area contributed by atoms with Crippen LogP contribution in [-0.2, 0) is 9.53 Å². The average molecular weight is 172 g/mol. The second-order valence-corrected chi connectivity index (χ2v) is 3.27. The molecule has 0 aromatic rings. The van der Waals surface area contributed by atoms with Gasteiger partial charge in [0.05, 0.1) is 24.8 Å². The summed E-state index contributed by atoms with van der Waals surface area (Å²) in [4.78, 5) is 10.9. The van der Waals surface area contributed by atoms with Gasteiger partial charge >= 0.3 is 0 Å². The molecule has 3 N–H and O–H groups in total. The Hall–Kier alpha value is -0.610. The van der Waals surface area contributed by atoms with Crippen molar-refractivity contribution in [2.24, 2.45) is 5.73 Å². The van der Waals surface area contributed by atoms with Crippen molar-refractivity contribution in [3.05, 3.63) is 0 Å². The van der Waals surface area contributed by atoms with Gasteiger partial charge in [-0.2, -0.15) is 0 Å². The summed E-state index contributed by atoms with van der Waals surface area (Å²) in [6, 6.07) is 0.135. The largest absolute Gasteiger partial charge is 0.373 e. The van der Waals surface area contributed by atoms with E-state index in [-0.39, 0.29) is 30.7 Å². The maximum atomic E-state index is 10.9. The smallest absolute Gasteiger partial charge is 0.234 e. The Morgan fingerprint density at radius 2 is 2.33 bits per heavy atom. The van der Waals surface area contributed by atoms with Crippen molar-refractivity contribution in [2.75, 3.05) is 6.54 Å². The third-order valence-electron chi connectivity index (χ3n) is 2.13. The minimum atomic E-state index is -0.107. The van der Waals surface area contributed by atoms with Gasteiger partial charge < -0.3 is 15.8 Å². The van der Waals surface area contributed by atoms with Gasteiger partial charge in [-0.15, -0.1) is 0 Å². The maximum Gasteiger partial charge on any atom is 0.234 e. The first-order chi connectivity index (χ1) is 5.63. The van der Waals surface area contributed by atoms with Gasteiger partial charge in [0.2, 0.25) is 5.91 Å². The molecule has 1 amide bonds. The molecule has 0 aromatic heterocycles. The molecule has 3 unspecified atom stereocenters. The topological polar surface area (TPSA) is 64.4 Å². The fourth-order valence-electron chi connectivity index (χ4n) is 1.51. The molecule has 0 saturated carbocycles. The number of carbonyl (C=O) groups is 1. The van der Waals surface area contributed by atoms with Crippen LogP contribution in [0.2, 0.25) is 0 Å². The lowest BCUT2D eigenvalue weighted by Crippen LogP contribution is -2.42. The normalized spacial score (nSPS) is 35.1. The number of amides is 1. The highest BCUT2D eigenvalue weighted by molar-refractivity contribution is 5.78. The van der Waals surface area contributed by atoms with Crippen molar-refractivity contribution in [2.45, 2.75) is 38.5 Å². The standard InChI is InChI=1S/C8H16N2O2/c1-5-3-7(6(2)12-5)10-8(11)4-9/h5-7H,3-4,9H2,1-2H3,(H,10,11). The highest BCUT2D eigenvalue weighted by Gasteiger charge is 2.30. The van der Waals surface area contributed by atoms with Crippen molar-refractivity contribution in [3.63, 3.8) is 0 Å². The van der Waals surface area contributed by atoms with Crippen molar-refractivity contribution in [1.29, 1.82) is 0 Å². The Morgan fingerprint density at radius 1 is 1.67 bits per heavy atom. The molecule has 0 bridgehead atoms. The molecule has 0 aromatic carbocycles. The SMILES string of the molecule is CC1CC(NC(=O)CN)C(C)O1. The molecular weight excluding hydrogens is 156 g/mol. The second kappa shape index (κ2) is 3.87. The summed E-state index contributed by atoms with van der Waals surface area (Å²) in [5.41, 5.74) is 5.18. The van der Waals surface area contributed by atoms with Gasteiger partial charge in [0, 0.05) is 0 Å². The van der Waals surface area contributed by atoms with Gasteiger partial charge in [-0.3, -0.25) is 4.79 Å². The Bertz CT molecular complexity index is 172. The molecule has 70 valence electrons. The van der Waals surface area contributed by atoms with Crippen LogP contribution in [0.5, 0.6) is 0 Å². The van der Waals surface area contributed by atoms with E-state index in [1.165, 1.54) is 0 Å². The second-order valence-electron chi connectivity index (χ2n) is 3.27. The van der Waals surface area contributed by atoms with E-state index in [4.69, 9.17) is 10.5 Å². The quantitative estimate of drug-likeness (QED) is 0.597. The van der Waals surface area contributed by atoms with E-state index >= 15 is 0 Å². The summed E-state index contributed by atoms with van der Waals surface area (Å²) in [5, 5.41) is 2.82. The van der Waals surface area contributed by atoms with Crippen molar-refractivity contribution < 1.29 is 9.53 Å². The zero-order chi connectivity index (χ0) is 9.14. The lowest BCUT2D eigenvalue weighted by molar-refractivity contribution is -0.120. The third-order valence-corrected chi connectivity index (χ3v) is 2.13. The fourth-order valence-corrected chi connectivity index (χ4v) is 1.51. The van der Waals surface area contributed by atoms with Gasteiger partial charge in [0.1, 0.15) is 0 Å². The highest BCUT2D eigenvalue weighted by Crippen LogP contribution is 2.19. The molecule has 1 aliphatic rings. The summed E-state index contributed by atoms with van der Waals surface area (Å²) < 4.78 is 5.46. The van der Waals surface area contributed by atoms with Crippen LogP contribution < -0.4 is 11.1 Å². The lowest BCUT2D eigenvalue weighted by atomic mass is 10.1. The van der Waals surface area contributed by atoms with E-state index in [1.807, 2.05) is 13.8 Å². The summed E-state index contributed by atoms with van der Waals surface area (Å²) in [5.74, 6) is -0.107. The Kier molecular flexibility index (Phi) is 3.05. The third kappa shape index (κ3) is 2.19. The number of hydrogen-bond donors (Lipinski definition) is 2. The van der Waals surface area contributed by atoms with Gasteiger partial charge in [-0.05, 0) is 20.3 Å². The average Bonchev–Trinajstić information content (AvgIpc) is 2.30. The maximum absolute atomic E-state index is 10.9. The molecule has 4 nitrogen and oxygen atoms in total. The van der Waals surface area contributed by atoms with Crippen molar-refractivity contribution in [1.82, 2.24) is 5.32 Å². The predicted octanol–water partition coefficient (Wildman–Crippen LogP) is -0.373. The van der Waals surface area contributed by atoms with Crippen molar-refractivity contribution >= 4 is 5.91 Å². The van der Waals surface area contributed by atoms with E-state index in [9.17, 15) is 4.79 Å². The van der Waals surface area contributed by atoms with Gasteiger partial charge in [-0.1, -0.05) is 0 Å². The Labute approximate surface area is 72.5 Å². The lowest BCUT2D eigenvalue weighted by Gasteiger charge is -2.14. The first-order valence-electron chi connectivity index (χ1n) is 4.28. The molecule has 1 heterocycles. The fraction of sp³-hybridized carbons (Fsp3) is 0.875. The first-order valence-corrected chi connectivity index (χ1v) is 4.28. The van der Waals surface area contributed by atoms with Crippen LogP contribution in [0.25, 0.3) is 0 Å². The first kappa shape index (κ1) is 9.48. The number of rotatable bonds is 2. The monoisotopic (exact) mass is 172 g/mol. The molecule has 1 fully saturated rings. The minimum absolute atomic E-state index is 0.0532. The van der Waals surface area contributed by atoms with Gasteiger partial charge in [-0.25, -0.2) is 0 Å². The summed E-state index contributed by atoms with van der Waals surface area (Å²) >= 11 is 0. The van der Waals surface area contributed by atoms with E-state index in [2.05, 4.69) is 5.32 Å². The molecule has 12 heavy (non-hydrogen) atoms. The number of ether oxygens (including phenoxy) is 1. The summed E-state index contributed by atoms with van der Waals surface area (Å²) in [6.45, 7) is 4.02. The molecule has 3 atom stereocenters. The van der Waals surface area contributed by atoms with Crippen LogP contribution in [-0.4, -0.2) is 30.7 Å². The molecule has 0 aliphatic carbocycles. The Balaban J connectivity index is 2.37. The number of nitrogens with two attached hydrogens (primary N) is 1. The molecule has 1 aliphatic heterocycles. The van der Waals surface area contributed by atoms with Crippen LogP contribution in [0.3, 0.4) is 0 Å². The summed E-state index contributed by atoms with van der Waals surface area (Å²) in [6.07, 6.45) is 1.23. The number of nitrogens with one attached hydrogen (secondary N) is 1. The van der Waals surface area contributed by atoms with Gasteiger partial charge in [0.15, 0.2) is 0 Å². The molecule has 4 heteroatoms. The molecule has 0 spiro atoms. The summed E-state index contributed by atoms with van der Waals surface area (Å²) in [7, 11) is 0. The van der Waals surface area contributed by atoms with Gasteiger partial charge in [0.25, 0.3) is 0 Å². The minimum Gasteiger partial charge on any atom is -0.373 e. The molecule has 0 radical (unpaired) electrons. The predicted molar refractivity (Wildman–Crippen MR) is 45.6 cm³/mol. The zero-order valence-electron chi connectivity index (χ0n) is 7.54. The van der Waals surface area contributed by atoms with E-state index in [0.29, 0.717) is 0 Å². The zero-order valence-corrected chi connectivity index (χ0v) is 7.54.